The number of nitrogens with zero attached hydrogens (tertiary/aromatic N) is 3. The van der Waals surface area contributed by atoms with Crippen molar-refractivity contribution in [3.63, 3.8) is 0 Å². The molecule has 1 saturated carbocycles. The monoisotopic (exact) mass is 269 g/mol. The van der Waals surface area contributed by atoms with Crippen LogP contribution in [-0.2, 0) is 4.74 Å². The summed E-state index contributed by atoms with van der Waals surface area (Å²) in [5, 5.41) is 0. The fourth-order valence-corrected chi connectivity index (χ4v) is 2.97. The largest absolute Gasteiger partial charge is 0.378 e. The molecule has 1 fully saturated rings. The summed E-state index contributed by atoms with van der Waals surface area (Å²) in [7, 11) is 8.15. The van der Waals surface area contributed by atoms with Gasteiger partial charge >= 0.3 is 0 Å². The summed E-state index contributed by atoms with van der Waals surface area (Å²) in [4.78, 5) is 8.83. The third-order valence-corrected chi connectivity index (χ3v) is 3.77. The molecule has 0 N–H and O–H groups in total. The average Bonchev–Trinajstić information content (AvgIpc) is 2.85. The highest BCUT2D eigenvalue weighted by Crippen LogP contribution is 2.30. The van der Waals surface area contributed by atoms with Crippen LogP contribution in [0.4, 0.5) is 0 Å². The SMILES string of the molecule is CCOC(CCN=C(N(C)C)N(C)C)C1CCCC1. The van der Waals surface area contributed by atoms with Gasteiger partial charge in [-0.3, -0.25) is 4.99 Å². The van der Waals surface area contributed by atoms with E-state index in [4.69, 9.17) is 9.73 Å². The van der Waals surface area contributed by atoms with Crippen LogP contribution in [0.5, 0.6) is 0 Å². The molecule has 4 heteroatoms. The summed E-state index contributed by atoms with van der Waals surface area (Å²) in [5.74, 6) is 1.79. The second-order valence-electron chi connectivity index (χ2n) is 5.80. The Labute approximate surface area is 118 Å². The second kappa shape index (κ2) is 8.41. The van der Waals surface area contributed by atoms with Crippen molar-refractivity contribution in [1.29, 1.82) is 0 Å². The lowest BCUT2D eigenvalue weighted by molar-refractivity contribution is 0.0177. The van der Waals surface area contributed by atoms with E-state index in [-0.39, 0.29) is 0 Å². The Morgan fingerprint density at radius 3 is 2.21 bits per heavy atom. The fourth-order valence-electron chi connectivity index (χ4n) is 2.97. The van der Waals surface area contributed by atoms with Gasteiger partial charge in [-0.1, -0.05) is 12.8 Å². The highest BCUT2D eigenvalue weighted by Gasteiger charge is 2.25. The van der Waals surface area contributed by atoms with Crippen LogP contribution < -0.4 is 0 Å². The molecule has 0 spiro atoms. The lowest BCUT2D eigenvalue weighted by Gasteiger charge is -2.25. The first-order valence-corrected chi connectivity index (χ1v) is 7.57. The molecule has 1 atom stereocenters. The van der Waals surface area contributed by atoms with Crippen LogP contribution in [0.3, 0.4) is 0 Å². The number of rotatable bonds is 6. The molecule has 0 heterocycles. The third kappa shape index (κ3) is 5.39. The Kier molecular flexibility index (Phi) is 7.21. The minimum absolute atomic E-state index is 0.404. The Morgan fingerprint density at radius 2 is 1.74 bits per heavy atom. The topological polar surface area (TPSA) is 28.1 Å². The number of guanidine groups is 1. The van der Waals surface area contributed by atoms with Gasteiger partial charge in [-0.15, -0.1) is 0 Å². The molecule has 19 heavy (non-hydrogen) atoms. The minimum Gasteiger partial charge on any atom is -0.378 e. The molecule has 1 rings (SSSR count). The Balaban J connectivity index is 2.48. The van der Waals surface area contributed by atoms with Crippen LogP contribution >= 0.6 is 0 Å². The van der Waals surface area contributed by atoms with E-state index < -0.39 is 0 Å². The van der Waals surface area contributed by atoms with Crippen molar-refractivity contribution < 1.29 is 4.74 Å². The van der Waals surface area contributed by atoms with Crippen molar-refractivity contribution in [2.24, 2.45) is 10.9 Å². The summed E-state index contributed by atoms with van der Waals surface area (Å²) in [6.45, 7) is 3.77. The van der Waals surface area contributed by atoms with Crippen LogP contribution in [0.2, 0.25) is 0 Å². The van der Waals surface area contributed by atoms with Crippen LogP contribution in [0.15, 0.2) is 4.99 Å². The molecule has 1 aliphatic rings. The van der Waals surface area contributed by atoms with Gasteiger partial charge in [0, 0.05) is 41.3 Å². The highest BCUT2D eigenvalue weighted by atomic mass is 16.5. The number of ether oxygens (including phenoxy) is 1. The first kappa shape index (κ1) is 16.3. The van der Waals surface area contributed by atoms with Gasteiger partial charge in [0.05, 0.1) is 6.10 Å². The maximum Gasteiger partial charge on any atom is 0.195 e. The average molecular weight is 269 g/mol. The van der Waals surface area contributed by atoms with E-state index >= 15 is 0 Å². The number of hydrogen-bond donors (Lipinski definition) is 0. The van der Waals surface area contributed by atoms with E-state index in [1.807, 2.05) is 28.2 Å². The molecular weight excluding hydrogens is 238 g/mol. The van der Waals surface area contributed by atoms with Crippen molar-refractivity contribution in [3.05, 3.63) is 0 Å². The summed E-state index contributed by atoms with van der Waals surface area (Å²) >= 11 is 0. The molecule has 1 unspecified atom stereocenters. The first-order valence-electron chi connectivity index (χ1n) is 7.57. The predicted octanol–water partition coefficient (Wildman–Crippen LogP) is 2.45. The Morgan fingerprint density at radius 1 is 1.16 bits per heavy atom. The molecule has 0 radical (unpaired) electrons. The molecule has 0 aliphatic heterocycles. The van der Waals surface area contributed by atoms with Crippen molar-refractivity contribution in [2.75, 3.05) is 41.3 Å². The fraction of sp³-hybridized carbons (Fsp3) is 0.933. The Bertz CT molecular complexity index is 261. The molecule has 0 aromatic heterocycles. The molecule has 1 aliphatic carbocycles. The van der Waals surface area contributed by atoms with Crippen molar-refractivity contribution in [2.45, 2.75) is 45.1 Å². The van der Waals surface area contributed by atoms with E-state index in [0.29, 0.717) is 6.10 Å². The maximum atomic E-state index is 5.93. The van der Waals surface area contributed by atoms with E-state index in [1.54, 1.807) is 0 Å². The molecule has 0 aromatic rings. The lowest BCUT2D eigenvalue weighted by atomic mass is 9.98. The molecular formula is C15H31N3O. The van der Waals surface area contributed by atoms with Crippen LogP contribution in [0.1, 0.15) is 39.0 Å². The van der Waals surface area contributed by atoms with E-state index in [9.17, 15) is 0 Å². The number of aliphatic imine (C=N–C) groups is 1. The molecule has 4 nitrogen and oxygen atoms in total. The lowest BCUT2D eigenvalue weighted by Crippen LogP contribution is -2.35. The van der Waals surface area contributed by atoms with E-state index in [1.165, 1.54) is 25.7 Å². The van der Waals surface area contributed by atoms with Gasteiger partial charge < -0.3 is 14.5 Å². The second-order valence-corrected chi connectivity index (χ2v) is 5.80. The van der Waals surface area contributed by atoms with Gasteiger partial charge in [-0.05, 0) is 32.1 Å². The van der Waals surface area contributed by atoms with Crippen molar-refractivity contribution in [1.82, 2.24) is 9.80 Å². The predicted molar refractivity (Wildman–Crippen MR) is 81.7 cm³/mol. The first-order chi connectivity index (χ1) is 9.06. The van der Waals surface area contributed by atoms with E-state index in [0.717, 1.165) is 31.4 Å². The summed E-state index contributed by atoms with van der Waals surface area (Å²) in [6.07, 6.45) is 6.87. The zero-order chi connectivity index (χ0) is 14.3. The molecule has 0 saturated heterocycles. The minimum atomic E-state index is 0.404. The van der Waals surface area contributed by atoms with Gasteiger partial charge in [-0.2, -0.15) is 0 Å². The van der Waals surface area contributed by atoms with Crippen molar-refractivity contribution in [3.8, 4) is 0 Å². The van der Waals surface area contributed by atoms with Crippen LogP contribution in [-0.4, -0.2) is 63.2 Å². The van der Waals surface area contributed by atoms with Gasteiger partial charge in [0.1, 0.15) is 0 Å². The quantitative estimate of drug-likeness (QED) is 0.548. The van der Waals surface area contributed by atoms with Crippen LogP contribution in [0, 0.1) is 5.92 Å². The Hall–Kier alpha value is -0.770. The summed E-state index contributed by atoms with van der Waals surface area (Å²) < 4.78 is 5.93. The van der Waals surface area contributed by atoms with Gasteiger partial charge in [0.2, 0.25) is 0 Å². The van der Waals surface area contributed by atoms with Crippen molar-refractivity contribution >= 4 is 5.96 Å². The molecule has 0 bridgehead atoms. The molecule has 0 aromatic carbocycles. The third-order valence-electron chi connectivity index (χ3n) is 3.77. The van der Waals surface area contributed by atoms with Gasteiger partial charge in [0.25, 0.3) is 0 Å². The summed E-state index contributed by atoms with van der Waals surface area (Å²) in [6, 6.07) is 0. The normalized spacial score (nSPS) is 17.3. The zero-order valence-electron chi connectivity index (χ0n) is 13.4. The zero-order valence-corrected chi connectivity index (χ0v) is 13.4. The summed E-state index contributed by atoms with van der Waals surface area (Å²) in [5.41, 5.74) is 0. The molecule has 112 valence electrons. The highest BCUT2D eigenvalue weighted by molar-refractivity contribution is 5.79. The van der Waals surface area contributed by atoms with Gasteiger partial charge in [0.15, 0.2) is 5.96 Å². The van der Waals surface area contributed by atoms with Gasteiger partial charge in [-0.25, -0.2) is 0 Å². The van der Waals surface area contributed by atoms with Crippen LogP contribution in [0.25, 0.3) is 0 Å². The van der Waals surface area contributed by atoms with E-state index in [2.05, 4.69) is 16.7 Å². The number of hydrogen-bond acceptors (Lipinski definition) is 2. The standard InChI is InChI=1S/C15H31N3O/c1-6-19-14(13-9-7-8-10-13)11-12-16-15(17(2)3)18(4)5/h13-14H,6-12H2,1-5H3. The molecule has 0 amide bonds. The maximum absolute atomic E-state index is 5.93. The smallest absolute Gasteiger partial charge is 0.195 e.